The number of rotatable bonds is 1. The van der Waals surface area contributed by atoms with Crippen LogP contribution in [0.4, 0.5) is 0 Å². The van der Waals surface area contributed by atoms with Gasteiger partial charge in [0.25, 0.3) is 0 Å². The number of fused-ring (bicyclic) bond motifs is 3. The number of aliphatic carboxylic acids is 1. The largest absolute Gasteiger partial charge is 0.499 e. The van der Waals surface area contributed by atoms with Crippen LogP contribution in [0.5, 0.6) is 11.5 Å². The molecule has 0 amide bonds. The monoisotopic (exact) mass is 417 g/mol. The molecular weight excluding hydrogens is 386 g/mol. The molecule has 1 aliphatic carbocycles. The van der Waals surface area contributed by atoms with Gasteiger partial charge in [-0.1, -0.05) is 0 Å². The van der Waals surface area contributed by atoms with Gasteiger partial charge in [0.2, 0.25) is 6.79 Å². The molecule has 2 N–H and O–H groups in total. The molecule has 7 nitrogen and oxygen atoms in total. The minimum atomic E-state index is -0.757. The molecule has 1 spiro atoms. The molecule has 0 radical (unpaired) electrons. The number of carbonyl (C=O) groups is 1. The lowest BCUT2D eigenvalue weighted by atomic mass is 9.78. The molecule has 7 heteroatoms. The van der Waals surface area contributed by atoms with Crippen LogP contribution in [0.3, 0.4) is 0 Å². The lowest BCUT2D eigenvalue weighted by Crippen LogP contribution is -2.46. The number of hydrogen-bond acceptors (Lipinski definition) is 6. The Kier molecular flexibility index (Phi) is 5.22. The second-order valence-electron chi connectivity index (χ2n) is 9.46. The van der Waals surface area contributed by atoms with Gasteiger partial charge in [-0.3, -0.25) is 9.69 Å². The summed E-state index contributed by atoms with van der Waals surface area (Å²) >= 11 is 0. The molecule has 1 aromatic rings. The predicted octanol–water partition coefficient (Wildman–Crippen LogP) is 2.91. The summed E-state index contributed by atoms with van der Waals surface area (Å²) in [5, 5.41) is 19.2. The summed E-state index contributed by atoms with van der Waals surface area (Å²) in [5.74, 6) is 1.57. The molecular formula is C23H31NO6. The van der Waals surface area contributed by atoms with Crippen molar-refractivity contribution in [2.24, 2.45) is 5.41 Å². The van der Waals surface area contributed by atoms with Gasteiger partial charge in [0, 0.05) is 12.5 Å². The Bertz CT molecular complexity index is 873. The lowest BCUT2D eigenvalue weighted by molar-refractivity contribution is -0.145. The van der Waals surface area contributed by atoms with Gasteiger partial charge in [-0.2, -0.15) is 0 Å². The summed E-state index contributed by atoms with van der Waals surface area (Å²) in [5.41, 5.74) is 1.75. The third kappa shape index (κ3) is 3.34. The van der Waals surface area contributed by atoms with E-state index in [1.807, 2.05) is 0 Å². The SMILES string of the molecule is CC(C)(C)C(=O)O.COC1=C[C@]23CCCN2CCc2cc4c(cc2[C@@H]3[C@@H]1O)OCO4. The maximum atomic E-state index is 11.0. The Morgan fingerprint density at radius 1 is 1.23 bits per heavy atom. The highest BCUT2D eigenvalue weighted by Gasteiger charge is 2.56. The van der Waals surface area contributed by atoms with E-state index in [0.29, 0.717) is 5.76 Å². The van der Waals surface area contributed by atoms with Crippen molar-refractivity contribution in [3.05, 3.63) is 35.1 Å². The van der Waals surface area contributed by atoms with Crippen LogP contribution in [0.25, 0.3) is 0 Å². The number of carboxylic acids is 1. The smallest absolute Gasteiger partial charge is 0.308 e. The first kappa shape index (κ1) is 21.0. The van der Waals surface area contributed by atoms with Crippen molar-refractivity contribution >= 4 is 5.97 Å². The zero-order valence-corrected chi connectivity index (χ0v) is 18.1. The highest BCUT2D eigenvalue weighted by Crippen LogP contribution is 2.54. The van der Waals surface area contributed by atoms with Gasteiger partial charge in [-0.05, 0) is 75.9 Å². The third-order valence-corrected chi connectivity index (χ3v) is 6.63. The van der Waals surface area contributed by atoms with Crippen LogP contribution < -0.4 is 9.47 Å². The van der Waals surface area contributed by atoms with Crippen LogP contribution in [0.1, 0.15) is 50.7 Å². The Balaban J connectivity index is 0.000000272. The van der Waals surface area contributed by atoms with Crippen molar-refractivity contribution in [3.63, 3.8) is 0 Å². The van der Waals surface area contributed by atoms with Gasteiger partial charge < -0.3 is 24.4 Å². The van der Waals surface area contributed by atoms with Crippen LogP contribution in [0.15, 0.2) is 24.0 Å². The second-order valence-corrected chi connectivity index (χ2v) is 9.46. The minimum Gasteiger partial charge on any atom is -0.499 e. The summed E-state index contributed by atoms with van der Waals surface area (Å²) in [6, 6.07) is 4.19. The van der Waals surface area contributed by atoms with Crippen LogP contribution in [-0.2, 0) is 16.0 Å². The molecule has 30 heavy (non-hydrogen) atoms. The molecule has 0 saturated carbocycles. The maximum absolute atomic E-state index is 11.0. The van der Waals surface area contributed by atoms with Crippen molar-refractivity contribution in [1.82, 2.24) is 4.90 Å². The van der Waals surface area contributed by atoms with Crippen LogP contribution in [0, 0.1) is 5.41 Å². The molecule has 4 aliphatic rings. The van der Waals surface area contributed by atoms with Gasteiger partial charge in [0.1, 0.15) is 11.9 Å². The van der Waals surface area contributed by atoms with E-state index in [9.17, 15) is 9.90 Å². The van der Waals surface area contributed by atoms with Crippen LogP contribution >= 0.6 is 0 Å². The molecule has 1 saturated heterocycles. The quantitative estimate of drug-likeness (QED) is 0.726. The lowest BCUT2D eigenvalue weighted by Gasteiger charge is -2.38. The standard InChI is InChI=1S/C18H21NO4.C5H10O2/c1-21-15-9-18-4-2-5-19(18)6-3-11-7-13-14(23-10-22-13)8-12(11)16(18)17(15)20;1-5(2,3)4(6)7/h7-9,16-17,20H,2-6,10H2,1H3;1-3H3,(H,6,7)/t16-,17-,18+;/m1./s1. The van der Waals surface area contributed by atoms with E-state index in [2.05, 4.69) is 23.1 Å². The molecule has 0 unspecified atom stereocenters. The highest BCUT2D eigenvalue weighted by atomic mass is 16.7. The maximum Gasteiger partial charge on any atom is 0.308 e. The highest BCUT2D eigenvalue weighted by molar-refractivity contribution is 5.72. The average Bonchev–Trinajstić information content (AvgIpc) is 3.35. The summed E-state index contributed by atoms with van der Waals surface area (Å²) in [7, 11) is 1.65. The minimum absolute atomic E-state index is 0.00644. The van der Waals surface area contributed by atoms with Crippen molar-refractivity contribution in [1.29, 1.82) is 0 Å². The van der Waals surface area contributed by atoms with Gasteiger partial charge in [0.15, 0.2) is 11.5 Å². The van der Waals surface area contributed by atoms with Gasteiger partial charge in [-0.25, -0.2) is 0 Å². The first-order valence-corrected chi connectivity index (χ1v) is 10.5. The Morgan fingerprint density at radius 2 is 1.90 bits per heavy atom. The van der Waals surface area contributed by atoms with E-state index in [0.717, 1.165) is 43.9 Å². The normalized spacial score (nSPS) is 29.0. The molecule has 3 heterocycles. The molecule has 1 aromatic carbocycles. The third-order valence-electron chi connectivity index (χ3n) is 6.63. The molecule has 0 aromatic heterocycles. The fraction of sp³-hybridized carbons (Fsp3) is 0.609. The average molecular weight is 418 g/mol. The van der Waals surface area contributed by atoms with Crippen LogP contribution in [-0.4, -0.2) is 59.7 Å². The molecule has 0 bridgehead atoms. The number of benzene rings is 1. The zero-order chi connectivity index (χ0) is 21.7. The number of aliphatic hydroxyl groups is 1. The van der Waals surface area contributed by atoms with E-state index >= 15 is 0 Å². The second kappa shape index (κ2) is 7.46. The topological polar surface area (TPSA) is 88.5 Å². The summed E-state index contributed by atoms with van der Waals surface area (Å²) in [4.78, 5) is 12.5. The number of hydrogen-bond donors (Lipinski definition) is 2. The van der Waals surface area contributed by atoms with Crippen molar-refractivity contribution < 1.29 is 29.2 Å². The predicted molar refractivity (Wildman–Crippen MR) is 111 cm³/mol. The molecule has 3 atom stereocenters. The number of carboxylic acid groups (broad SMARTS) is 1. The van der Waals surface area contributed by atoms with Crippen LogP contribution in [0.2, 0.25) is 0 Å². The number of ether oxygens (including phenoxy) is 3. The first-order chi connectivity index (χ1) is 14.2. The summed E-state index contributed by atoms with van der Waals surface area (Å²) in [6.07, 6.45) is 4.78. The number of aliphatic hydroxyl groups excluding tert-OH is 1. The Labute approximate surface area is 177 Å². The van der Waals surface area contributed by atoms with E-state index < -0.39 is 17.5 Å². The molecule has 3 aliphatic heterocycles. The number of nitrogens with zero attached hydrogens (tertiary/aromatic N) is 1. The Morgan fingerprint density at radius 3 is 2.53 bits per heavy atom. The Hall–Kier alpha value is -2.25. The number of methoxy groups -OCH3 is 1. The molecule has 5 rings (SSSR count). The zero-order valence-electron chi connectivity index (χ0n) is 18.1. The first-order valence-electron chi connectivity index (χ1n) is 10.5. The summed E-state index contributed by atoms with van der Waals surface area (Å²) < 4.78 is 16.6. The molecule has 164 valence electrons. The summed E-state index contributed by atoms with van der Waals surface area (Å²) in [6.45, 7) is 7.35. The van der Waals surface area contributed by atoms with E-state index in [4.69, 9.17) is 19.3 Å². The fourth-order valence-corrected chi connectivity index (χ4v) is 4.99. The van der Waals surface area contributed by atoms with Gasteiger partial charge in [0.05, 0.1) is 18.1 Å². The van der Waals surface area contributed by atoms with E-state index in [-0.39, 0.29) is 18.2 Å². The van der Waals surface area contributed by atoms with Gasteiger partial charge in [-0.15, -0.1) is 0 Å². The van der Waals surface area contributed by atoms with E-state index in [1.165, 1.54) is 11.1 Å². The molecule has 1 fully saturated rings. The van der Waals surface area contributed by atoms with Crippen molar-refractivity contribution in [2.45, 2.75) is 57.6 Å². The van der Waals surface area contributed by atoms with Gasteiger partial charge >= 0.3 is 5.97 Å². The fourth-order valence-electron chi connectivity index (χ4n) is 4.99. The van der Waals surface area contributed by atoms with Crippen molar-refractivity contribution in [2.75, 3.05) is 27.0 Å². The van der Waals surface area contributed by atoms with E-state index in [1.54, 1.807) is 27.9 Å². The van der Waals surface area contributed by atoms with Crippen molar-refractivity contribution in [3.8, 4) is 11.5 Å².